The van der Waals surface area contributed by atoms with Crippen LogP contribution in [-0.4, -0.2) is 13.7 Å². The molecule has 0 amide bonds. The first-order chi connectivity index (χ1) is 9.24. The average Bonchev–Trinajstić information content (AvgIpc) is 2.90. The van der Waals surface area contributed by atoms with Crippen LogP contribution in [-0.2, 0) is 13.0 Å². The van der Waals surface area contributed by atoms with Gasteiger partial charge in [-0.2, -0.15) is 0 Å². The topological polar surface area (TPSA) is 44.5 Å². The van der Waals surface area contributed by atoms with E-state index in [1.165, 1.54) is 0 Å². The number of thiophene rings is 1. The molecule has 0 unspecified atom stereocenters. The van der Waals surface area contributed by atoms with Crippen LogP contribution in [0.25, 0.3) is 0 Å². The molecular weight excluding hydrogens is 282 g/mol. The molecule has 102 valence electrons. The zero-order chi connectivity index (χ0) is 13.7. The molecule has 1 heterocycles. The van der Waals surface area contributed by atoms with Crippen molar-refractivity contribution in [3.8, 4) is 11.5 Å². The van der Waals surface area contributed by atoms with Crippen molar-refractivity contribution in [1.82, 2.24) is 0 Å². The standard InChI is InChI=1S/C14H16ClNO2S/c1-17-13-8-11(15)7-10(4-5-16)14(13)18-9-12-3-2-6-19-12/h2-3,6-8H,4-5,9,16H2,1H3. The zero-order valence-corrected chi connectivity index (χ0v) is 12.3. The molecule has 0 aliphatic carbocycles. The van der Waals surface area contributed by atoms with Crippen molar-refractivity contribution >= 4 is 22.9 Å². The lowest BCUT2D eigenvalue weighted by Gasteiger charge is -2.15. The van der Waals surface area contributed by atoms with Crippen molar-refractivity contribution in [2.24, 2.45) is 5.73 Å². The van der Waals surface area contributed by atoms with Crippen molar-refractivity contribution in [2.45, 2.75) is 13.0 Å². The van der Waals surface area contributed by atoms with Gasteiger partial charge in [-0.15, -0.1) is 11.3 Å². The molecule has 0 saturated heterocycles. The zero-order valence-electron chi connectivity index (χ0n) is 10.7. The van der Waals surface area contributed by atoms with E-state index in [0.29, 0.717) is 30.3 Å². The summed E-state index contributed by atoms with van der Waals surface area (Å²) in [7, 11) is 1.61. The number of nitrogens with two attached hydrogens (primary N) is 1. The van der Waals surface area contributed by atoms with E-state index in [4.69, 9.17) is 26.8 Å². The number of halogens is 1. The summed E-state index contributed by atoms with van der Waals surface area (Å²) in [6.45, 7) is 1.06. The Hall–Kier alpha value is -1.23. The molecule has 19 heavy (non-hydrogen) atoms. The normalized spacial score (nSPS) is 10.5. The van der Waals surface area contributed by atoms with Gasteiger partial charge in [0.05, 0.1) is 7.11 Å². The van der Waals surface area contributed by atoms with Crippen LogP contribution in [0.4, 0.5) is 0 Å². The fraction of sp³-hybridized carbons (Fsp3) is 0.286. The highest BCUT2D eigenvalue weighted by Gasteiger charge is 2.12. The van der Waals surface area contributed by atoms with Crippen molar-refractivity contribution in [3.63, 3.8) is 0 Å². The fourth-order valence-electron chi connectivity index (χ4n) is 1.82. The molecule has 5 heteroatoms. The summed E-state index contributed by atoms with van der Waals surface area (Å²) in [4.78, 5) is 1.16. The molecule has 0 aliphatic rings. The summed E-state index contributed by atoms with van der Waals surface area (Å²) in [5.41, 5.74) is 6.60. The van der Waals surface area contributed by atoms with Gasteiger partial charge >= 0.3 is 0 Å². The van der Waals surface area contributed by atoms with Gasteiger partial charge in [-0.3, -0.25) is 0 Å². The Morgan fingerprint density at radius 2 is 2.21 bits per heavy atom. The number of rotatable bonds is 6. The van der Waals surface area contributed by atoms with Crippen LogP contribution in [0.1, 0.15) is 10.4 Å². The third kappa shape index (κ3) is 3.62. The lowest BCUT2D eigenvalue weighted by Crippen LogP contribution is -2.06. The van der Waals surface area contributed by atoms with Crippen molar-refractivity contribution in [3.05, 3.63) is 45.1 Å². The van der Waals surface area contributed by atoms with Gasteiger partial charge in [0.15, 0.2) is 11.5 Å². The summed E-state index contributed by atoms with van der Waals surface area (Å²) < 4.78 is 11.2. The van der Waals surface area contributed by atoms with Crippen LogP contribution >= 0.6 is 22.9 Å². The Bertz CT molecular complexity index is 528. The molecular formula is C14H16ClNO2S. The lowest BCUT2D eigenvalue weighted by atomic mass is 10.1. The molecule has 2 aromatic rings. The maximum atomic E-state index is 6.06. The van der Waals surface area contributed by atoms with Crippen LogP contribution in [0, 0.1) is 0 Å². The molecule has 0 saturated carbocycles. The van der Waals surface area contributed by atoms with Gasteiger partial charge in [0, 0.05) is 21.5 Å². The highest BCUT2D eigenvalue weighted by Crippen LogP contribution is 2.35. The van der Waals surface area contributed by atoms with E-state index < -0.39 is 0 Å². The fourth-order valence-corrected chi connectivity index (χ4v) is 2.66. The summed E-state index contributed by atoms with van der Waals surface area (Å²) in [6, 6.07) is 7.67. The smallest absolute Gasteiger partial charge is 0.165 e. The number of methoxy groups -OCH3 is 1. The highest BCUT2D eigenvalue weighted by atomic mass is 35.5. The van der Waals surface area contributed by atoms with Gasteiger partial charge in [-0.05, 0) is 30.5 Å². The van der Waals surface area contributed by atoms with Gasteiger partial charge in [0.25, 0.3) is 0 Å². The van der Waals surface area contributed by atoms with Crippen molar-refractivity contribution in [1.29, 1.82) is 0 Å². The largest absolute Gasteiger partial charge is 0.493 e. The molecule has 0 fully saturated rings. The molecule has 0 bridgehead atoms. The minimum Gasteiger partial charge on any atom is -0.493 e. The molecule has 3 nitrogen and oxygen atoms in total. The maximum Gasteiger partial charge on any atom is 0.165 e. The molecule has 2 rings (SSSR count). The predicted octanol–water partition coefficient (Wildman–Crippen LogP) is 3.49. The average molecular weight is 298 g/mol. The molecule has 0 atom stereocenters. The highest BCUT2D eigenvalue weighted by molar-refractivity contribution is 7.09. The quantitative estimate of drug-likeness (QED) is 0.887. The summed E-state index contributed by atoms with van der Waals surface area (Å²) in [5, 5.41) is 2.65. The van der Waals surface area contributed by atoms with Crippen LogP contribution in [0.15, 0.2) is 29.6 Å². The van der Waals surface area contributed by atoms with E-state index >= 15 is 0 Å². The second kappa shape index (κ2) is 6.80. The Balaban J connectivity index is 2.24. The van der Waals surface area contributed by atoms with Crippen molar-refractivity contribution in [2.75, 3.05) is 13.7 Å². The number of hydrogen-bond acceptors (Lipinski definition) is 4. The molecule has 1 aromatic heterocycles. The van der Waals surface area contributed by atoms with Gasteiger partial charge in [0.1, 0.15) is 6.61 Å². The van der Waals surface area contributed by atoms with Gasteiger partial charge < -0.3 is 15.2 Å². The monoisotopic (exact) mass is 297 g/mol. The third-order valence-electron chi connectivity index (χ3n) is 2.67. The van der Waals surface area contributed by atoms with Crippen LogP contribution in [0.2, 0.25) is 5.02 Å². The van der Waals surface area contributed by atoms with E-state index in [1.54, 1.807) is 24.5 Å². The van der Waals surface area contributed by atoms with Gasteiger partial charge in [-0.1, -0.05) is 17.7 Å². The van der Waals surface area contributed by atoms with E-state index in [0.717, 1.165) is 16.2 Å². The Morgan fingerprint density at radius 1 is 1.37 bits per heavy atom. The molecule has 0 radical (unpaired) electrons. The van der Waals surface area contributed by atoms with Crippen LogP contribution in [0.5, 0.6) is 11.5 Å². The number of ether oxygens (including phenoxy) is 2. The first-order valence-corrected chi connectivity index (χ1v) is 7.22. The third-order valence-corrected chi connectivity index (χ3v) is 3.74. The van der Waals surface area contributed by atoms with Gasteiger partial charge in [0.2, 0.25) is 0 Å². The van der Waals surface area contributed by atoms with E-state index in [-0.39, 0.29) is 0 Å². The van der Waals surface area contributed by atoms with Gasteiger partial charge in [-0.25, -0.2) is 0 Å². The van der Waals surface area contributed by atoms with Crippen LogP contribution < -0.4 is 15.2 Å². The first kappa shape index (κ1) is 14.2. The minimum atomic E-state index is 0.521. The second-order valence-electron chi connectivity index (χ2n) is 4.00. The summed E-state index contributed by atoms with van der Waals surface area (Å²) in [5.74, 6) is 1.37. The van der Waals surface area contributed by atoms with E-state index in [2.05, 4.69) is 0 Å². The molecule has 0 spiro atoms. The number of benzene rings is 1. The Kier molecular flexibility index (Phi) is 5.07. The number of hydrogen-bond donors (Lipinski definition) is 1. The second-order valence-corrected chi connectivity index (χ2v) is 5.47. The SMILES string of the molecule is COc1cc(Cl)cc(CCN)c1OCc1cccs1. The maximum absolute atomic E-state index is 6.06. The van der Waals surface area contributed by atoms with E-state index in [9.17, 15) is 0 Å². The van der Waals surface area contributed by atoms with E-state index in [1.807, 2.05) is 23.6 Å². The summed E-state index contributed by atoms with van der Waals surface area (Å²) in [6.07, 6.45) is 0.705. The predicted molar refractivity (Wildman–Crippen MR) is 79.4 cm³/mol. The van der Waals surface area contributed by atoms with Crippen molar-refractivity contribution < 1.29 is 9.47 Å². The molecule has 2 N–H and O–H groups in total. The lowest BCUT2D eigenvalue weighted by molar-refractivity contribution is 0.284. The molecule has 1 aromatic carbocycles. The van der Waals surface area contributed by atoms with Crippen LogP contribution in [0.3, 0.4) is 0 Å². The molecule has 0 aliphatic heterocycles. The minimum absolute atomic E-state index is 0.521. The summed E-state index contributed by atoms with van der Waals surface area (Å²) >= 11 is 7.72. The Morgan fingerprint density at radius 3 is 2.84 bits per heavy atom. The Labute approximate surface area is 121 Å². The first-order valence-electron chi connectivity index (χ1n) is 5.96.